The second-order valence-corrected chi connectivity index (χ2v) is 4.75. The summed E-state index contributed by atoms with van der Waals surface area (Å²) in [6.45, 7) is 0.858. The van der Waals surface area contributed by atoms with Crippen LogP contribution in [0.1, 0.15) is 19.3 Å². The average molecular weight is 306 g/mol. The van der Waals surface area contributed by atoms with Crippen molar-refractivity contribution in [3.8, 4) is 0 Å². The van der Waals surface area contributed by atoms with Crippen molar-refractivity contribution >= 4 is 25.0 Å². The molecular weight excluding hydrogens is 295 g/mol. The number of aliphatic carboxylic acids is 1. The van der Waals surface area contributed by atoms with Crippen LogP contribution in [-0.2, 0) is 20.7 Å². The van der Waals surface area contributed by atoms with Crippen LogP contribution in [0, 0.1) is 0 Å². The van der Waals surface area contributed by atoms with E-state index in [1.54, 1.807) is 0 Å². The van der Waals surface area contributed by atoms with Crippen molar-refractivity contribution in [3.63, 3.8) is 0 Å². The predicted octanol–water partition coefficient (Wildman–Crippen LogP) is 1.59. The molecule has 0 spiro atoms. The number of nitrogens with one attached hydrogen (secondary N) is 1. The Hall–Kier alpha value is 0.672. The Morgan fingerprint density at radius 2 is 2.08 bits per heavy atom. The molecule has 0 bridgehead atoms. The monoisotopic (exact) mass is 305 g/mol. The Bertz CT molecular complexity index is 131. The van der Waals surface area contributed by atoms with Crippen molar-refractivity contribution in [2.75, 3.05) is 6.54 Å². The Morgan fingerprint density at radius 3 is 2.33 bits per heavy atom. The third kappa shape index (κ3) is 6.22. The molecule has 12 heavy (non-hydrogen) atoms. The molecule has 0 aromatic rings. The molecule has 6 heteroatoms. The second-order valence-electron chi connectivity index (χ2n) is 2.39. The summed E-state index contributed by atoms with van der Waals surface area (Å²) in [7, 11) is 9.63. The van der Waals surface area contributed by atoms with Gasteiger partial charge in [0.25, 0.3) is 0 Å². The summed E-state index contributed by atoms with van der Waals surface area (Å²) in [4.78, 5) is 10.3. The molecule has 0 aliphatic carbocycles. The molecule has 0 aromatic carbocycles. The van der Waals surface area contributed by atoms with Crippen molar-refractivity contribution in [1.29, 1.82) is 0 Å². The van der Waals surface area contributed by atoms with Crippen molar-refractivity contribution in [2.24, 2.45) is 0 Å². The summed E-state index contributed by atoms with van der Waals surface area (Å²) >= 11 is -0.106. The van der Waals surface area contributed by atoms with Crippen LogP contribution in [-0.4, -0.2) is 23.7 Å². The first kappa shape index (κ1) is 12.7. The van der Waals surface area contributed by atoms with E-state index in [9.17, 15) is 4.79 Å². The Kier molecular flexibility index (Phi) is 8.74. The number of hydrogen-bond donors (Lipinski definition) is 2. The SMILES string of the molecule is O=C(O)C1CCCCN1.[Cl][Pd][Cl]. The van der Waals surface area contributed by atoms with Crippen LogP contribution in [0.15, 0.2) is 0 Å². The molecular formula is C6H11Cl2NO2Pd. The number of rotatable bonds is 1. The van der Waals surface area contributed by atoms with E-state index in [0.717, 1.165) is 25.8 Å². The average Bonchev–Trinajstić information content (AvgIpc) is 2.07. The zero-order valence-corrected chi connectivity index (χ0v) is 9.40. The van der Waals surface area contributed by atoms with Crippen LogP contribution in [0.2, 0.25) is 0 Å². The molecule has 1 saturated heterocycles. The maximum absolute atomic E-state index is 10.3. The van der Waals surface area contributed by atoms with E-state index >= 15 is 0 Å². The van der Waals surface area contributed by atoms with E-state index in [0.29, 0.717) is 0 Å². The van der Waals surface area contributed by atoms with Gasteiger partial charge in [0.15, 0.2) is 0 Å². The number of carboxylic acid groups (broad SMARTS) is 1. The van der Waals surface area contributed by atoms with Crippen LogP contribution in [0.25, 0.3) is 0 Å². The molecule has 0 amide bonds. The predicted molar refractivity (Wildman–Crippen MR) is 45.0 cm³/mol. The number of hydrogen-bond acceptors (Lipinski definition) is 2. The summed E-state index contributed by atoms with van der Waals surface area (Å²) in [6, 6.07) is -0.279. The molecule has 1 aliphatic rings. The fourth-order valence-electron chi connectivity index (χ4n) is 1.06. The van der Waals surface area contributed by atoms with Gasteiger partial charge in [0.05, 0.1) is 0 Å². The Balaban J connectivity index is 0.000000354. The maximum atomic E-state index is 10.3. The fourth-order valence-corrected chi connectivity index (χ4v) is 1.06. The van der Waals surface area contributed by atoms with Gasteiger partial charge in [-0.1, -0.05) is 6.42 Å². The van der Waals surface area contributed by atoms with Gasteiger partial charge < -0.3 is 10.4 Å². The zero-order valence-electron chi connectivity index (χ0n) is 6.33. The second kappa shape index (κ2) is 8.28. The zero-order chi connectivity index (χ0) is 9.40. The summed E-state index contributed by atoms with van der Waals surface area (Å²) in [5.74, 6) is -0.713. The van der Waals surface area contributed by atoms with Crippen molar-refractivity contribution in [2.45, 2.75) is 25.3 Å². The summed E-state index contributed by atoms with van der Waals surface area (Å²) in [6.07, 6.45) is 2.95. The standard InChI is InChI=1S/C6H11NO2.2ClH.Pd/c8-6(9)5-3-1-2-4-7-5;;;/h5,7H,1-4H2,(H,8,9);2*1H;/q;;;+2/p-2. The first-order valence-corrected chi connectivity index (χ1v) is 7.51. The molecule has 1 heterocycles. The third-order valence-corrected chi connectivity index (χ3v) is 1.61. The molecule has 3 nitrogen and oxygen atoms in total. The van der Waals surface area contributed by atoms with E-state index in [2.05, 4.69) is 5.32 Å². The third-order valence-electron chi connectivity index (χ3n) is 1.61. The first-order chi connectivity index (χ1) is 5.72. The molecule has 0 radical (unpaired) electrons. The van der Waals surface area contributed by atoms with Crippen molar-refractivity contribution in [1.82, 2.24) is 5.32 Å². The summed E-state index contributed by atoms with van der Waals surface area (Å²) in [5.41, 5.74) is 0. The molecule has 0 saturated carbocycles. The molecule has 1 aliphatic heterocycles. The van der Waals surface area contributed by atoms with E-state index in [-0.39, 0.29) is 22.0 Å². The number of carboxylic acids is 1. The van der Waals surface area contributed by atoms with Gasteiger partial charge in [0.1, 0.15) is 6.04 Å². The van der Waals surface area contributed by atoms with Crippen molar-refractivity contribution < 1.29 is 25.8 Å². The van der Waals surface area contributed by atoms with Crippen LogP contribution in [0.3, 0.4) is 0 Å². The van der Waals surface area contributed by atoms with Crippen LogP contribution in [0.5, 0.6) is 0 Å². The molecule has 2 N–H and O–H groups in total. The van der Waals surface area contributed by atoms with E-state index in [1.807, 2.05) is 0 Å². The molecule has 76 valence electrons. The summed E-state index contributed by atoms with van der Waals surface area (Å²) < 4.78 is 0. The van der Waals surface area contributed by atoms with Gasteiger partial charge in [-0.2, -0.15) is 0 Å². The minimum atomic E-state index is -0.713. The van der Waals surface area contributed by atoms with E-state index in [1.165, 1.54) is 0 Å². The molecule has 1 atom stereocenters. The van der Waals surface area contributed by atoms with Gasteiger partial charge in [-0.05, 0) is 19.4 Å². The molecule has 1 unspecified atom stereocenters. The van der Waals surface area contributed by atoms with Crippen LogP contribution >= 0.6 is 19.1 Å². The number of halogens is 2. The van der Waals surface area contributed by atoms with E-state index < -0.39 is 5.97 Å². The Morgan fingerprint density at radius 1 is 1.50 bits per heavy atom. The molecule has 1 rings (SSSR count). The Labute approximate surface area is 87.9 Å². The van der Waals surface area contributed by atoms with Gasteiger partial charge in [-0.15, -0.1) is 0 Å². The molecule has 1 fully saturated rings. The number of carbonyl (C=O) groups is 1. The van der Waals surface area contributed by atoms with Crippen LogP contribution in [0.4, 0.5) is 0 Å². The quantitative estimate of drug-likeness (QED) is 0.723. The van der Waals surface area contributed by atoms with Gasteiger partial charge in [0.2, 0.25) is 0 Å². The fraction of sp³-hybridized carbons (Fsp3) is 0.833. The van der Waals surface area contributed by atoms with Crippen LogP contribution < -0.4 is 5.32 Å². The topological polar surface area (TPSA) is 49.3 Å². The molecule has 0 aromatic heterocycles. The van der Waals surface area contributed by atoms with Crippen molar-refractivity contribution in [3.05, 3.63) is 0 Å². The minimum absolute atomic E-state index is 0.106. The summed E-state index contributed by atoms with van der Waals surface area (Å²) in [5, 5.41) is 11.4. The number of piperidine rings is 1. The van der Waals surface area contributed by atoms with Gasteiger partial charge in [-0.3, -0.25) is 4.79 Å². The first-order valence-electron chi connectivity index (χ1n) is 3.51. The normalized spacial score (nSPS) is 22.7. The van der Waals surface area contributed by atoms with Gasteiger partial charge in [-0.25, -0.2) is 0 Å². The van der Waals surface area contributed by atoms with E-state index in [4.69, 9.17) is 24.2 Å². The van der Waals surface area contributed by atoms with Gasteiger partial charge in [0, 0.05) is 0 Å². The van der Waals surface area contributed by atoms with Gasteiger partial charge >= 0.3 is 41.0 Å².